The molecule has 0 aromatic heterocycles. The van der Waals surface area contributed by atoms with Crippen LogP contribution in [0.1, 0.15) is 45.4 Å². The standard InChI is InChI=1S/C14H27NO2/c1-2-3-8-15(13-5-6-13)10-14(11-16)7-4-9-17-12-14/h13,16H,2-12H2,1H3. The lowest BCUT2D eigenvalue weighted by Crippen LogP contribution is -2.46. The molecular formula is C14H27NO2. The minimum absolute atomic E-state index is 0.0224. The molecular weight excluding hydrogens is 214 g/mol. The van der Waals surface area contributed by atoms with Gasteiger partial charge in [-0.3, -0.25) is 4.90 Å². The normalized spacial score (nSPS) is 29.8. The van der Waals surface area contributed by atoms with Gasteiger partial charge in [-0.05, 0) is 38.6 Å². The van der Waals surface area contributed by atoms with Gasteiger partial charge in [-0.1, -0.05) is 13.3 Å². The highest BCUT2D eigenvalue weighted by Crippen LogP contribution is 2.34. The van der Waals surface area contributed by atoms with Crippen LogP contribution in [0.5, 0.6) is 0 Å². The van der Waals surface area contributed by atoms with Gasteiger partial charge in [0.05, 0.1) is 13.2 Å². The first-order valence-electron chi connectivity index (χ1n) is 7.22. The number of hydrogen-bond donors (Lipinski definition) is 1. The van der Waals surface area contributed by atoms with E-state index in [4.69, 9.17) is 4.74 Å². The maximum atomic E-state index is 9.71. The monoisotopic (exact) mass is 241 g/mol. The van der Waals surface area contributed by atoms with Crippen LogP contribution in [0.15, 0.2) is 0 Å². The third-order valence-corrected chi connectivity index (χ3v) is 4.14. The summed E-state index contributed by atoms with van der Waals surface area (Å²) in [5.41, 5.74) is 0.0224. The highest BCUT2D eigenvalue weighted by molar-refractivity contribution is 4.91. The van der Waals surface area contributed by atoms with Gasteiger partial charge in [0.15, 0.2) is 0 Å². The SMILES string of the molecule is CCCCN(CC1(CO)CCCOC1)C1CC1. The first kappa shape index (κ1) is 13.3. The highest BCUT2D eigenvalue weighted by atomic mass is 16.5. The smallest absolute Gasteiger partial charge is 0.0556 e. The van der Waals surface area contributed by atoms with E-state index in [2.05, 4.69) is 11.8 Å². The summed E-state index contributed by atoms with van der Waals surface area (Å²) in [5.74, 6) is 0. The van der Waals surface area contributed by atoms with Crippen molar-refractivity contribution < 1.29 is 9.84 Å². The molecule has 1 saturated heterocycles. The van der Waals surface area contributed by atoms with E-state index >= 15 is 0 Å². The molecule has 1 aliphatic carbocycles. The Morgan fingerprint density at radius 1 is 1.41 bits per heavy atom. The molecule has 1 saturated carbocycles. The summed E-state index contributed by atoms with van der Waals surface area (Å²) >= 11 is 0. The Morgan fingerprint density at radius 2 is 2.24 bits per heavy atom. The van der Waals surface area contributed by atoms with Crippen molar-refractivity contribution in [2.75, 3.05) is 32.9 Å². The highest BCUT2D eigenvalue weighted by Gasteiger charge is 2.38. The molecule has 2 aliphatic rings. The van der Waals surface area contributed by atoms with Crippen LogP contribution in [0.2, 0.25) is 0 Å². The van der Waals surface area contributed by atoms with Crippen LogP contribution in [-0.4, -0.2) is 49.0 Å². The van der Waals surface area contributed by atoms with Crippen LogP contribution in [0.25, 0.3) is 0 Å². The van der Waals surface area contributed by atoms with Crippen LogP contribution >= 0.6 is 0 Å². The molecule has 0 aromatic carbocycles. The minimum atomic E-state index is 0.0224. The van der Waals surface area contributed by atoms with E-state index in [9.17, 15) is 5.11 Å². The molecule has 1 atom stereocenters. The van der Waals surface area contributed by atoms with Crippen molar-refractivity contribution in [1.82, 2.24) is 4.90 Å². The molecule has 2 fully saturated rings. The van der Waals surface area contributed by atoms with Crippen LogP contribution in [0.4, 0.5) is 0 Å². The maximum Gasteiger partial charge on any atom is 0.0556 e. The van der Waals surface area contributed by atoms with Crippen LogP contribution < -0.4 is 0 Å². The van der Waals surface area contributed by atoms with E-state index in [-0.39, 0.29) is 12.0 Å². The van der Waals surface area contributed by atoms with Gasteiger partial charge in [-0.15, -0.1) is 0 Å². The van der Waals surface area contributed by atoms with Gasteiger partial charge in [0, 0.05) is 24.6 Å². The zero-order valence-electron chi connectivity index (χ0n) is 11.2. The van der Waals surface area contributed by atoms with Gasteiger partial charge in [0.1, 0.15) is 0 Å². The molecule has 3 heteroatoms. The zero-order chi connectivity index (χ0) is 12.1. The van der Waals surface area contributed by atoms with E-state index in [0.29, 0.717) is 0 Å². The lowest BCUT2D eigenvalue weighted by molar-refractivity contribution is -0.0566. The number of ether oxygens (including phenoxy) is 1. The fraction of sp³-hybridized carbons (Fsp3) is 1.00. The Bertz CT molecular complexity index is 222. The number of nitrogens with zero attached hydrogens (tertiary/aromatic N) is 1. The summed E-state index contributed by atoms with van der Waals surface area (Å²) in [6, 6.07) is 0.798. The molecule has 0 spiro atoms. The molecule has 1 N–H and O–H groups in total. The summed E-state index contributed by atoms with van der Waals surface area (Å²) in [7, 11) is 0. The number of hydrogen-bond acceptors (Lipinski definition) is 3. The topological polar surface area (TPSA) is 32.7 Å². The summed E-state index contributed by atoms with van der Waals surface area (Å²) in [6.45, 7) is 6.38. The molecule has 17 heavy (non-hydrogen) atoms. The Hall–Kier alpha value is -0.120. The van der Waals surface area contributed by atoms with Crippen molar-refractivity contribution in [3.05, 3.63) is 0 Å². The summed E-state index contributed by atoms with van der Waals surface area (Å²) < 4.78 is 5.60. The molecule has 1 unspecified atom stereocenters. The van der Waals surface area contributed by atoms with Crippen LogP contribution in [0.3, 0.4) is 0 Å². The van der Waals surface area contributed by atoms with Gasteiger partial charge in [-0.25, -0.2) is 0 Å². The number of aliphatic hydroxyl groups excluding tert-OH is 1. The van der Waals surface area contributed by atoms with Crippen molar-refractivity contribution >= 4 is 0 Å². The second kappa shape index (κ2) is 6.17. The van der Waals surface area contributed by atoms with Crippen LogP contribution in [0, 0.1) is 5.41 Å². The fourth-order valence-corrected chi connectivity index (χ4v) is 2.83. The third kappa shape index (κ3) is 3.67. The Balaban J connectivity index is 1.89. The summed E-state index contributed by atoms with van der Waals surface area (Å²) in [4.78, 5) is 2.61. The number of unbranched alkanes of at least 4 members (excludes halogenated alkanes) is 1. The second-order valence-electron chi connectivity index (χ2n) is 5.87. The first-order chi connectivity index (χ1) is 8.29. The van der Waals surface area contributed by atoms with Crippen LogP contribution in [-0.2, 0) is 4.74 Å². The van der Waals surface area contributed by atoms with E-state index in [1.54, 1.807) is 0 Å². The molecule has 100 valence electrons. The van der Waals surface area contributed by atoms with E-state index in [0.717, 1.165) is 38.6 Å². The molecule has 0 bridgehead atoms. The van der Waals surface area contributed by atoms with Gasteiger partial charge in [0.2, 0.25) is 0 Å². The van der Waals surface area contributed by atoms with Crippen molar-refractivity contribution in [2.45, 2.75) is 51.5 Å². The average Bonchev–Trinajstić information content (AvgIpc) is 3.20. The summed E-state index contributed by atoms with van der Waals surface area (Å²) in [6.07, 6.45) is 7.47. The van der Waals surface area contributed by atoms with Gasteiger partial charge < -0.3 is 9.84 Å². The van der Waals surface area contributed by atoms with Gasteiger partial charge in [-0.2, -0.15) is 0 Å². The minimum Gasteiger partial charge on any atom is -0.396 e. The number of rotatable bonds is 7. The molecule has 1 aliphatic heterocycles. The predicted octanol–water partition coefficient (Wildman–Crippen LogP) is 2.04. The Labute approximate surface area is 105 Å². The van der Waals surface area contributed by atoms with Gasteiger partial charge >= 0.3 is 0 Å². The largest absolute Gasteiger partial charge is 0.396 e. The Morgan fingerprint density at radius 3 is 2.76 bits per heavy atom. The lowest BCUT2D eigenvalue weighted by atomic mass is 9.82. The maximum absolute atomic E-state index is 9.71. The molecule has 1 heterocycles. The first-order valence-corrected chi connectivity index (χ1v) is 7.22. The van der Waals surface area contributed by atoms with Crippen molar-refractivity contribution in [3.63, 3.8) is 0 Å². The van der Waals surface area contributed by atoms with Crippen molar-refractivity contribution in [1.29, 1.82) is 0 Å². The quantitative estimate of drug-likeness (QED) is 0.740. The lowest BCUT2D eigenvalue weighted by Gasteiger charge is -2.39. The van der Waals surface area contributed by atoms with Crippen molar-refractivity contribution in [2.24, 2.45) is 5.41 Å². The molecule has 2 rings (SSSR count). The molecule has 0 amide bonds. The van der Waals surface area contributed by atoms with E-state index in [1.165, 1.54) is 32.2 Å². The molecule has 0 radical (unpaired) electrons. The second-order valence-corrected chi connectivity index (χ2v) is 5.87. The molecule has 3 nitrogen and oxygen atoms in total. The fourth-order valence-electron chi connectivity index (χ4n) is 2.83. The van der Waals surface area contributed by atoms with Crippen molar-refractivity contribution in [3.8, 4) is 0 Å². The van der Waals surface area contributed by atoms with Gasteiger partial charge in [0.25, 0.3) is 0 Å². The zero-order valence-corrected chi connectivity index (χ0v) is 11.2. The average molecular weight is 241 g/mol. The Kier molecular flexibility index (Phi) is 4.83. The van der Waals surface area contributed by atoms with E-state index in [1.807, 2.05) is 0 Å². The molecule has 0 aromatic rings. The number of aliphatic hydroxyl groups is 1. The summed E-state index contributed by atoms with van der Waals surface area (Å²) in [5, 5.41) is 9.71. The third-order valence-electron chi connectivity index (χ3n) is 4.14. The predicted molar refractivity (Wildman–Crippen MR) is 69.1 cm³/mol. The van der Waals surface area contributed by atoms with E-state index < -0.39 is 0 Å².